The fourth-order valence-electron chi connectivity index (χ4n) is 1.43. The first-order valence-electron chi connectivity index (χ1n) is 5.19. The average molecular weight is 341 g/mol. The molecule has 0 unspecified atom stereocenters. The van der Waals surface area contributed by atoms with Gasteiger partial charge < -0.3 is 15.7 Å². The van der Waals surface area contributed by atoms with Crippen LogP contribution in [0.5, 0.6) is 0 Å². The Kier molecular flexibility index (Phi) is 4.18. The van der Waals surface area contributed by atoms with Gasteiger partial charge in [0.05, 0.1) is 16.9 Å². The summed E-state index contributed by atoms with van der Waals surface area (Å²) in [4.78, 5) is 22.8. The highest BCUT2D eigenvalue weighted by molar-refractivity contribution is 9.10. The van der Waals surface area contributed by atoms with Crippen LogP contribution in [0.15, 0.2) is 39.5 Å². The molecule has 0 aliphatic heterocycles. The molecular formula is C12H9BrN2O3S. The number of rotatable bonds is 3. The Labute approximate surface area is 121 Å². The lowest BCUT2D eigenvalue weighted by atomic mass is 10.2. The number of carboxylic acids is 1. The van der Waals surface area contributed by atoms with Crippen LogP contribution in [0.2, 0.25) is 0 Å². The summed E-state index contributed by atoms with van der Waals surface area (Å²) in [6, 6.07) is 5.83. The molecule has 98 valence electrons. The summed E-state index contributed by atoms with van der Waals surface area (Å²) in [6.45, 7) is 0. The smallest absolute Gasteiger partial charge is 0.337 e. The fraction of sp³-hybridized carbons (Fsp3) is 0. The Morgan fingerprint density at radius 3 is 2.63 bits per heavy atom. The van der Waals surface area contributed by atoms with Gasteiger partial charge in [0.15, 0.2) is 0 Å². The number of hydrogen-bond acceptors (Lipinski definition) is 3. The molecule has 0 atom stereocenters. The van der Waals surface area contributed by atoms with Gasteiger partial charge in [-0.25, -0.2) is 9.59 Å². The molecule has 0 spiro atoms. The average Bonchev–Trinajstić information content (AvgIpc) is 2.81. The van der Waals surface area contributed by atoms with Crippen molar-refractivity contribution in [2.45, 2.75) is 0 Å². The summed E-state index contributed by atoms with van der Waals surface area (Å²) in [5.74, 6) is -1.10. The highest BCUT2D eigenvalue weighted by Gasteiger charge is 2.13. The third kappa shape index (κ3) is 3.55. The predicted octanol–water partition coefficient (Wildman–Crippen LogP) is 3.85. The van der Waals surface area contributed by atoms with Crippen LogP contribution in [0.25, 0.3) is 0 Å². The molecule has 0 saturated carbocycles. The van der Waals surface area contributed by atoms with E-state index in [0.717, 1.165) is 0 Å². The lowest BCUT2D eigenvalue weighted by Gasteiger charge is -2.09. The van der Waals surface area contributed by atoms with Crippen molar-refractivity contribution < 1.29 is 14.7 Å². The number of benzene rings is 1. The van der Waals surface area contributed by atoms with Crippen LogP contribution in [0.4, 0.5) is 16.2 Å². The number of thiophene rings is 1. The minimum atomic E-state index is -1.10. The maximum absolute atomic E-state index is 11.7. The van der Waals surface area contributed by atoms with E-state index in [0.29, 0.717) is 10.2 Å². The first kappa shape index (κ1) is 13.6. The summed E-state index contributed by atoms with van der Waals surface area (Å²) < 4.78 is 0.684. The minimum Gasteiger partial charge on any atom is -0.478 e. The Bertz CT molecular complexity index is 613. The van der Waals surface area contributed by atoms with Gasteiger partial charge >= 0.3 is 12.0 Å². The highest BCUT2D eigenvalue weighted by atomic mass is 79.9. The summed E-state index contributed by atoms with van der Waals surface area (Å²) in [7, 11) is 0. The van der Waals surface area contributed by atoms with Crippen LogP contribution in [0.1, 0.15) is 10.4 Å². The molecule has 2 rings (SSSR count). The van der Waals surface area contributed by atoms with Crippen molar-refractivity contribution in [2.75, 3.05) is 10.6 Å². The van der Waals surface area contributed by atoms with E-state index in [-0.39, 0.29) is 11.3 Å². The first-order valence-corrected chi connectivity index (χ1v) is 6.93. The maximum Gasteiger partial charge on any atom is 0.337 e. The van der Waals surface area contributed by atoms with Crippen LogP contribution in [0, 0.1) is 0 Å². The topological polar surface area (TPSA) is 78.4 Å². The Balaban J connectivity index is 2.16. The van der Waals surface area contributed by atoms with Crippen molar-refractivity contribution >= 4 is 50.6 Å². The highest BCUT2D eigenvalue weighted by Crippen LogP contribution is 2.22. The molecule has 2 aromatic rings. The number of nitrogens with one attached hydrogen (secondary N) is 2. The van der Waals surface area contributed by atoms with Crippen LogP contribution < -0.4 is 10.6 Å². The molecule has 2 amide bonds. The third-order valence-corrected chi connectivity index (χ3v) is 3.42. The molecule has 0 fully saturated rings. The molecule has 0 saturated heterocycles. The number of hydrogen-bond donors (Lipinski definition) is 3. The number of aromatic carboxylic acids is 1. The molecule has 0 radical (unpaired) electrons. The van der Waals surface area contributed by atoms with Gasteiger partial charge in [0.1, 0.15) is 0 Å². The van der Waals surface area contributed by atoms with E-state index in [1.54, 1.807) is 17.5 Å². The molecular weight excluding hydrogens is 332 g/mol. The molecule has 1 heterocycles. The van der Waals surface area contributed by atoms with Gasteiger partial charge in [-0.3, -0.25) is 0 Å². The normalized spacial score (nSPS) is 9.95. The largest absolute Gasteiger partial charge is 0.478 e. The molecule has 19 heavy (non-hydrogen) atoms. The zero-order valence-corrected chi connectivity index (χ0v) is 11.9. The predicted molar refractivity (Wildman–Crippen MR) is 78.1 cm³/mol. The summed E-state index contributed by atoms with van der Waals surface area (Å²) in [6.07, 6.45) is 0. The van der Waals surface area contributed by atoms with E-state index in [4.69, 9.17) is 5.11 Å². The molecule has 1 aromatic carbocycles. The minimum absolute atomic E-state index is 0.0312. The number of carbonyl (C=O) groups excluding carboxylic acids is 1. The van der Waals surface area contributed by atoms with Crippen molar-refractivity contribution in [3.8, 4) is 0 Å². The molecule has 3 N–H and O–H groups in total. The van der Waals surface area contributed by atoms with E-state index in [2.05, 4.69) is 26.6 Å². The monoisotopic (exact) mass is 340 g/mol. The molecule has 0 aliphatic rings. The maximum atomic E-state index is 11.7. The second-order valence-corrected chi connectivity index (χ2v) is 5.28. The second-order valence-electron chi connectivity index (χ2n) is 3.59. The zero-order valence-electron chi connectivity index (χ0n) is 9.51. The third-order valence-electron chi connectivity index (χ3n) is 2.24. The van der Waals surface area contributed by atoms with E-state index in [9.17, 15) is 9.59 Å². The van der Waals surface area contributed by atoms with Gasteiger partial charge in [0, 0.05) is 9.85 Å². The Morgan fingerprint density at radius 2 is 2.00 bits per heavy atom. The van der Waals surface area contributed by atoms with Crippen molar-refractivity contribution in [1.29, 1.82) is 0 Å². The quantitative estimate of drug-likeness (QED) is 0.793. The number of anilines is 2. The van der Waals surface area contributed by atoms with Gasteiger partial charge in [0.25, 0.3) is 0 Å². The van der Waals surface area contributed by atoms with Gasteiger partial charge in [0.2, 0.25) is 0 Å². The Hall–Kier alpha value is -1.86. The zero-order chi connectivity index (χ0) is 13.8. The summed E-state index contributed by atoms with van der Waals surface area (Å²) >= 11 is 4.69. The van der Waals surface area contributed by atoms with Crippen LogP contribution in [-0.4, -0.2) is 17.1 Å². The van der Waals surface area contributed by atoms with Crippen molar-refractivity contribution in [3.63, 3.8) is 0 Å². The van der Waals surface area contributed by atoms with Gasteiger partial charge in [-0.15, -0.1) is 0 Å². The lowest BCUT2D eigenvalue weighted by molar-refractivity contribution is 0.0698. The summed E-state index contributed by atoms with van der Waals surface area (Å²) in [5, 5.41) is 17.8. The second kappa shape index (κ2) is 5.85. The first-order chi connectivity index (χ1) is 9.06. The van der Waals surface area contributed by atoms with Crippen LogP contribution >= 0.6 is 27.3 Å². The lowest BCUT2D eigenvalue weighted by Crippen LogP contribution is -2.20. The van der Waals surface area contributed by atoms with E-state index >= 15 is 0 Å². The number of carbonyl (C=O) groups is 2. The molecule has 5 nitrogen and oxygen atoms in total. The Morgan fingerprint density at radius 1 is 1.21 bits per heavy atom. The molecule has 0 aliphatic carbocycles. The van der Waals surface area contributed by atoms with E-state index < -0.39 is 12.0 Å². The fourth-order valence-corrected chi connectivity index (χ4v) is 2.38. The molecule has 1 aromatic heterocycles. The van der Waals surface area contributed by atoms with Crippen molar-refractivity contribution in [1.82, 2.24) is 0 Å². The van der Waals surface area contributed by atoms with Crippen molar-refractivity contribution in [2.24, 2.45) is 0 Å². The van der Waals surface area contributed by atoms with Crippen LogP contribution in [-0.2, 0) is 0 Å². The van der Waals surface area contributed by atoms with Gasteiger partial charge in [-0.1, -0.05) is 15.9 Å². The molecule has 0 bridgehead atoms. The van der Waals surface area contributed by atoms with Gasteiger partial charge in [-0.05, 0) is 29.6 Å². The molecule has 7 heteroatoms. The standard InChI is InChI=1S/C12H9BrN2O3S/c13-7-1-2-9(11(16)17)10(5-7)15-12(18)14-8-3-4-19-6-8/h1-6H,(H,16,17)(H2,14,15,18). The number of halogens is 1. The SMILES string of the molecule is O=C(Nc1ccsc1)Nc1cc(Br)ccc1C(=O)O. The number of amides is 2. The number of urea groups is 1. The van der Waals surface area contributed by atoms with Crippen molar-refractivity contribution in [3.05, 3.63) is 45.1 Å². The van der Waals surface area contributed by atoms with E-state index in [1.165, 1.54) is 23.5 Å². The summed E-state index contributed by atoms with van der Waals surface area (Å²) in [5.41, 5.74) is 0.924. The number of carboxylic acid groups (broad SMARTS) is 1. The van der Waals surface area contributed by atoms with E-state index in [1.807, 2.05) is 5.38 Å². The van der Waals surface area contributed by atoms with Crippen LogP contribution in [0.3, 0.4) is 0 Å². The van der Waals surface area contributed by atoms with Gasteiger partial charge in [-0.2, -0.15) is 11.3 Å².